The van der Waals surface area contributed by atoms with E-state index in [2.05, 4.69) is 5.10 Å². The quantitative estimate of drug-likeness (QED) is 0.788. The van der Waals surface area contributed by atoms with Gasteiger partial charge in [-0.15, -0.1) is 0 Å². The van der Waals surface area contributed by atoms with Crippen LogP contribution in [0.5, 0.6) is 0 Å². The van der Waals surface area contributed by atoms with Crippen LogP contribution in [0.1, 0.15) is 17.4 Å². The van der Waals surface area contributed by atoms with Gasteiger partial charge in [-0.25, -0.2) is 0 Å². The molecule has 0 radical (unpaired) electrons. The number of rotatable bonds is 2. The highest BCUT2D eigenvalue weighted by Gasteiger charge is 2.12. The standard InChI is InChI=1S/C9H10N2OS/c1-11-4-2-8(10-11)9(12)7-3-5-13-6-7/h2-6,9,12H,1H3. The van der Waals surface area contributed by atoms with Gasteiger partial charge in [0.1, 0.15) is 6.10 Å². The topological polar surface area (TPSA) is 38.0 Å². The van der Waals surface area contributed by atoms with Gasteiger partial charge in [0.15, 0.2) is 0 Å². The molecule has 0 aliphatic carbocycles. The third kappa shape index (κ3) is 1.64. The Labute approximate surface area is 80.3 Å². The van der Waals surface area contributed by atoms with Crippen molar-refractivity contribution in [2.45, 2.75) is 6.10 Å². The maximum absolute atomic E-state index is 9.82. The summed E-state index contributed by atoms with van der Waals surface area (Å²) in [6.07, 6.45) is 1.23. The second-order valence-electron chi connectivity index (χ2n) is 2.87. The lowest BCUT2D eigenvalue weighted by Crippen LogP contribution is -2.00. The first kappa shape index (κ1) is 8.47. The summed E-state index contributed by atoms with van der Waals surface area (Å²) in [5, 5.41) is 17.8. The van der Waals surface area contributed by atoms with Crippen molar-refractivity contribution in [2.24, 2.45) is 7.05 Å². The lowest BCUT2D eigenvalue weighted by molar-refractivity contribution is 0.215. The zero-order valence-corrected chi connectivity index (χ0v) is 8.03. The van der Waals surface area contributed by atoms with Crippen LogP contribution in [0.25, 0.3) is 0 Å². The number of nitrogens with zero attached hydrogens (tertiary/aromatic N) is 2. The molecule has 2 aromatic rings. The summed E-state index contributed by atoms with van der Waals surface area (Å²) in [7, 11) is 1.84. The Hall–Kier alpha value is -1.13. The largest absolute Gasteiger partial charge is 0.382 e. The highest BCUT2D eigenvalue weighted by molar-refractivity contribution is 7.07. The van der Waals surface area contributed by atoms with Gasteiger partial charge in [0.25, 0.3) is 0 Å². The molecule has 3 nitrogen and oxygen atoms in total. The summed E-state index contributed by atoms with van der Waals surface area (Å²) in [5.74, 6) is 0. The van der Waals surface area contributed by atoms with Gasteiger partial charge in [-0.2, -0.15) is 16.4 Å². The van der Waals surface area contributed by atoms with Crippen LogP contribution in [0.4, 0.5) is 0 Å². The van der Waals surface area contributed by atoms with Crippen LogP contribution in [0, 0.1) is 0 Å². The lowest BCUT2D eigenvalue weighted by atomic mass is 10.1. The molecular weight excluding hydrogens is 184 g/mol. The van der Waals surface area contributed by atoms with Crippen molar-refractivity contribution in [2.75, 3.05) is 0 Å². The van der Waals surface area contributed by atoms with E-state index in [-0.39, 0.29) is 0 Å². The molecule has 0 aliphatic rings. The van der Waals surface area contributed by atoms with Crippen LogP contribution in [-0.2, 0) is 7.05 Å². The summed E-state index contributed by atoms with van der Waals surface area (Å²) in [6, 6.07) is 3.73. The SMILES string of the molecule is Cn1ccc(C(O)c2ccsc2)n1. The number of hydrogen-bond acceptors (Lipinski definition) is 3. The molecule has 0 aliphatic heterocycles. The van der Waals surface area contributed by atoms with E-state index in [9.17, 15) is 5.11 Å². The molecule has 0 amide bonds. The van der Waals surface area contributed by atoms with E-state index in [1.54, 1.807) is 16.0 Å². The number of aliphatic hydroxyl groups excluding tert-OH is 1. The van der Waals surface area contributed by atoms with Crippen LogP contribution >= 0.6 is 11.3 Å². The van der Waals surface area contributed by atoms with Gasteiger partial charge >= 0.3 is 0 Å². The monoisotopic (exact) mass is 194 g/mol. The Morgan fingerprint density at radius 3 is 2.92 bits per heavy atom. The molecule has 2 aromatic heterocycles. The maximum Gasteiger partial charge on any atom is 0.124 e. The van der Waals surface area contributed by atoms with E-state index < -0.39 is 6.10 Å². The molecule has 0 bridgehead atoms. The minimum absolute atomic E-state index is 0.590. The first-order chi connectivity index (χ1) is 6.27. The van der Waals surface area contributed by atoms with Crippen LogP contribution in [-0.4, -0.2) is 14.9 Å². The minimum atomic E-state index is -0.590. The number of thiophene rings is 1. The number of hydrogen-bond donors (Lipinski definition) is 1. The Morgan fingerprint density at radius 2 is 2.38 bits per heavy atom. The highest BCUT2D eigenvalue weighted by Crippen LogP contribution is 2.21. The molecule has 0 fully saturated rings. The molecule has 0 spiro atoms. The summed E-state index contributed by atoms with van der Waals surface area (Å²) in [5.41, 5.74) is 1.60. The molecule has 0 saturated heterocycles. The average molecular weight is 194 g/mol. The smallest absolute Gasteiger partial charge is 0.124 e. The van der Waals surface area contributed by atoms with E-state index in [0.717, 1.165) is 5.56 Å². The third-order valence-electron chi connectivity index (χ3n) is 1.87. The van der Waals surface area contributed by atoms with Crippen LogP contribution in [0.3, 0.4) is 0 Å². The van der Waals surface area contributed by atoms with Gasteiger partial charge in [0.2, 0.25) is 0 Å². The van der Waals surface area contributed by atoms with Crippen molar-refractivity contribution >= 4 is 11.3 Å². The fourth-order valence-corrected chi connectivity index (χ4v) is 1.86. The molecule has 1 unspecified atom stereocenters. The molecule has 1 atom stereocenters. The first-order valence-electron chi connectivity index (χ1n) is 3.97. The minimum Gasteiger partial charge on any atom is -0.382 e. The number of aromatic nitrogens is 2. The van der Waals surface area contributed by atoms with E-state index in [0.29, 0.717) is 5.69 Å². The van der Waals surface area contributed by atoms with Crippen molar-refractivity contribution in [1.29, 1.82) is 0 Å². The van der Waals surface area contributed by atoms with Gasteiger partial charge in [0.05, 0.1) is 5.69 Å². The fourth-order valence-electron chi connectivity index (χ4n) is 1.18. The summed E-state index contributed by atoms with van der Waals surface area (Å²) in [4.78, 5) is 0. The maximum atomic E-state index is 9.82. The molecule has 2 rings (SSSR count). The molecule has 1 N–H and O–H groups in total. The Balaban J connectivity index is 2.28. The van der Waals surface area contributed by atoms with E-state index in [4.69, 9.17) is 0 Å². The Bertz CT molecular complexity index is 380. The normalized spacial score (nSPS) is 13.1. The van der Waals surface area contributed by atoms with Crippen molar-refractivity contribution in [3.63, 3.8) is 0 Å². The van der Waals surface area contributed by atoms with Gasteiger partial charge in [0, 0.05) is 13.2 Å². The third-order valence-corrected chi connectivity index (χ3v) is 2.57. The number of aliphatic hydroxyl groups is 1. The molecule has 0 aromatic carbocycles. The molecule has 2 heterocycles. The van der Waals surface area contributed by atoms with Crippen LogP contribution in [0.2, 0.25) is 0 Å². The average Bonchev–Trinajstić information content (AvgIpc) is 2.72. The van der Waals surface area contributed by atoms with Crippen LogP contribution in [0.15, 0.2) is 29.1 Å². The first-order valence-corrected chi connectivity index (χ1v) is 4.91. The molecule has 0 saturated carbocycles. The van der Waals surface area contributed by atoms with Gasteiger partial charge < -0.3 is 5.11 Å². The zero-order valence-electron chi connectivity index (χ0n) is 7.21. The predicted molar refractivity (Wildman–Crippen MR) is 51.6 cm³/mol. The van der Waals surface area contributed by atoms with E-state index in [1.165, 1.54) is 0 Å². The Morgan fingerprint density at radius 1 is 1.54 bits per heavy atom. The van der Waals surface area contributed by atoms with E-state index in [1.807, 2.05) is 36.1 Å². The van der Waals surface area contributed by atoms with Crippen molar-refractivity contribution in [3.05, 3.63) is 40.3 Å². The van der Waals surface area contributed by atoms with Gasteiger partial charge in [-0.1, -0.05) is 0 Å². The Kier molecular flexibility index (Phi) is 2.16. The van der Waals surface area contributed by atoms with Crippen molar-refractivity contribution in [3.8, 4) is 0 Å². The summed E-state index contributed by atoms with van der Waals surface area (Å²) >= 11 is 1.57. The van der Waals surface area contributed by atoms with E-state index >= 15 is 0 Å². The predicted octanol–water partition coefficient (Wildman–Crippen LogP) is 1.56. The highest BCUT2D eigenvalue weighted by atomic mass is 32.1. The summed E-state index contributed by atoms with van der Waals surface area (Å²) in [6.45, 7) is 0. The van der Waals surface area contributed by atoms with Crippen molar-refractivity contribution < 1.29 is 5.11 Å². The van der Waals surface area contributed by atoms with Crippen molar-refractivity contribution in [1.82, 2.24) is 9.78 Å². The second-order valence-corrected chi connectivity index (χ2v) is 3.65. The zero-order chi connectivity index (χ0) is 9.26. The molecule has 68 valence electrons. The number of aryl methyl sites for hydroxylation is 1. The lowest BCUT2D eigenvalue weighted by Gasteiger charge is -2.03. The molecule has 13 heavy (non-hydrogen) atoms. The fraction of sp³-hybridized carbons (Fsp3) is 0.222. The molecular formula is C9H10N2OS. The molecule has 4 heteroatoms. The van der Waals surface area contributed by atoms with Crippen LogP contribution < -0.4 is 0 Å². The second kappa shape index (κ2) is 3.32. The summed E-state index contributed by atoms with van der Waals surface area (Å²) < 4.78 is 1.69. The van der Waals surface area contributed by atoms with Gasteiger partial charge in [-0.05, 0) is 28.5 Å². The van der Waals surface area contributed by atoms with Gasteiger partial charge in [-0.3, -0.25) is 4.68 Å².